The van der Waals surface area contributed by atoms with Gasteiger partial charge in [-0.3, -0.25) is 4.99 Å². The van der Waals surface area contributed by atoms with Gasteiger partial charge in [0.1, 0.15) is 0 Å². The van der Waals surface area contributed by atoms with Crippen molar-refractivity contribution >= 4 is 18.0 Å². The van der Waals surface area contributed by atoms with E-state index in [4.69, 9.17) is 0 Å². The maximum absolute atomic E-state index is 4.43. The largest absolute Gasteiger partial charge is 0.286 e. The van der Waals surface area contributed by atoms with Crippen LogP contribution in [0.3, 0.4) is 0 Å². The summed E-state index contributed by atoms with van der Waals surface area (Å²) in [5.41, 5.74) is 2.94. The smallest absolute Gasteiger partial charge is 0.0654 e. The minimum Gasteiger partial charge on any atom is -0.286 e. The summed E-state index contributed by atoms with van der Waals surface area (Å²) in [4.78, 5) is 4.43. The van der Waals surface area contributed by atoms with Crippen LogP contribution in [-0.2, 0) is 0 Å². The molecular weight excluding hydrogens is 166 g/mol. The molecule has 0 N–H and O–H groups in total. The number of rotatable bonds is 0. The van der Waals surface area contributed by atoms with Crippen LogP contribution >= 0.6 is 11.8 Å². The van der Waals surface area contributed by atoms with Crippen molar-refractivity contribution in [2.45, 2.75) is 19.4 Å². The summed E-state index contributed by atoms with van der Waals surface area (Å²) in [6.45, 7) is 2.12. The number of nitrogens with zero attached hydrogens (tertiary/aromatic N) is 1. The third-order valence-electron chi connectivity index (χ3n) is 2.23. The molecule has 12 heavy (non-hydrogen) atoms. The Kier molecular flexibility index (Phi) is 2.35. The zero-order valence-electron chi connectivity index (χ0n) is 7.29. The summed E-state index contributed by atoms with van der Waals surface area (Å²) in [6, 6.07) is 0.362. The Hall–Kier alpha value is -0.500. The summed E-state index contributed by atoms with van der Waals surface area (Å²) in [5.74, 6) is 2.43. The SMILES string of the molecule is CC1C=CC2=C(C=N1)CCSC2. The minimum atomic E-state index is 0.362. The molecule has 1 nitrogen and oxygen atoms in total. The first-order valence-electron chi connectivity index (χ1n) is 4.37. The summed E-state index contributed by atoms with van der Waals surface area (Å²) in [6.07, 6.45) is 7.70. The third kappa shape index (κ3) is 1.63. The van der Waals surface area contributed by atoms with E-state index in [0.717, 1.165) is 0 Å². The molecule has 1 unspecified atom stereocenters. The average Bonchev–Trinajstić information content (AvgIpc) is 2.29. The van der Waals surface area contributed by atoms with Gasteiger partial charge in [0.05, 0.1) is 6.04 Å². The van der Waals surface area contributed by atoms with Crippen LogP contribution in [-0.4, -0.2) is 23.8 Å². The van der Waals surface area contributed by atoms with E-state index in [1.165, 1.54) is 29.1 Å². The van der Waals surface area contributed by atoms with E-state index >= 15 is 0 Å². The molecule has 0 saturated carbocycles. The molecule has 0 spiro atoms. The topological polar surface area (TPSA) is 12.4 Å². The molecule has 64 valence electrons. The number of hydrogen-bond donors (Lipinski definition) is 0. The fraction of sp³-hybridized carbons (Fsp3) is 0.500. The Labute approximate surface area is 77.7 Å². The molecule has 2 aliphatic rings. The van der Waals surface area contributed by atoms with Crippen molar-refractivity contribution in [2.24, 2.45) is 4.99 Å². The minimum absolute atomic E-state index is 0.362. The first-order valence-corrected chi connectivity index (χ1v) is 5.53. The van der Waals surface area contributed by atoms with Crippen molar-refractivity contribution in [3.05, 3.63) is 23.3 Å². The Morgan fingerprint density at radius 1 is 1.50 bits per heavy atom. The zero-order chi connectivity index (χ0) is 8.39. The number of allylic oxidation sites excluding steroid dienone is 2. The Balaban J connectivity index is 2.29. The van der Waals surface area contributed by atoms with Gasteiger partial charge in [-0.25, -0.2) is 0 Å². The van der Waals surface area contributed by atoms with Gasteiger partial charge in [-0.1, -0.05) is 12.2 Å². The van der Waals surface area contributed by atoms with E-state index in [1.807, 2.05) is 11.8 Å². The van der Waals surface area contributed by atoms with Crippen LogP contribution in [0.1, 0.15) is 13.3 Å². The van der Waals surface area contributed by atoms with Crippen LogP contribution in [0, 0.1) is 0 Å². The summed E-state index contributed by atoms with van der Waals surface area (Å²) in [7, 11) is 0. The van der Waals surface area contributed by atoms with Crippen LogP contribution in [0.15, 0.2) is 28.3 Å². The summed E-state index contributed by atoms with van der Waals surface area (Å²) < 4.78 is 0. The molecular formula is C10H13NS. The molecule has 2 heterocycles. The number of hydrogen-bond acceptors (Lipinski definition) is 2. The Bertz CT molecular complexity index is 237. The zero-order valence-corrected chi connectivity index (χ0v) is 8.10. The van der Waals surface area contributed by atoms with Gasteiger partial charge in [-0.05, 0) is 30.2 Å². The predicted molar refractivity (Wildman–Crippen MR) is 56.1 cm³/mol. The second-order valence-electron chi connectivity index (χ2n) is 3.23. The molecule has 0 aromatic carbocycles. The van der Waals surface area contributed by atoms with Crippen LogP contribution in [0.25, 0.3) is 0 Å². The van der Waals surface area contributed by atoms with E-state index < -0.39 is 0 Å². The highest BCUT2D eigenvalue weighted by Crippen LogP contribution is 2.24. The highest BCUT2D eigenvalue weighted by atomic mass is 32.2. The van der Waals surface area contributed by atoms with E-state index in [1.54, 1.807) is 0 Å². The van der Waals surface area contributed by atoms with Crippen molar-refractivity contribution in [3.63, 3.8) is 0 Å². The summed E-state index contributed by atoms with van der Waals surface area (Å²) >= 11 is 2.02. The van der Waals surface area contributed by atoms with Gasteiger partial charge in [-0.15, -0.1) is 0 Å². The van der Waals surface area contributed by atoms with Crippen molar-refractivity contribution in [1.29, 1.82) is 0 Å². The standard InChI is InChI=1S/C10H13NS/c1-8-2-3-10-7-12-5-4-9(10)6-11-8/h2-3,6,8H,4-5,7H2,1H3. The Morgan fingerprint density at radius 2 is 2.42 bits per heavy atom. The van der Waals surface area contributed by atoms with E-state index in [-0.39, 0.29) is 0 Å². The molecule has 0 saturated heterocycles. The molecule has 0 fully saturated rings. The average molecular weight is 179 g/mol. The summed E-state index contributed by atoms with van der Waals surface area (Å²) in [5, 5.41) is 0. The van der Waals surface area contributed by atoms with E-state index in [9.17, 15) is 0 Å². The molecule has 1 atom stereocenters. The lowest BCUT2D eigenvalue weighted by atomic mass is 10.1. The maximum atomic E-state index is 4.43. The molecule has 0 aliphatic carbocycles. The highest BCUT2D eigenvalue weighted by molar-refractivity contribution is 7.99. The normalized spacial score (nSPS) is 28.6. The van der Waals surface area contributed by atoms with Crippen LogP contribution in [0.2, 0.25) is 0 Å². The Morgan fingerprint density at radius 3 is 3.33 bits per heavy atom. The second-order valence-corrected chi connectivity index (χ2v) is 4.34. The second kappa shape index (κ2) is 3.48. The molecule has 0 amide bonds. The van der Waals surface area contributed by atoms with Crippen molar-refractivity contribution in [2.75, 3.05) is 11.5 Å². The molecule has 0 aromatic heterocycles. The number of aliphatic imine (C=N–C) groups is 1. The van der Waals surface area contributed by atoms with E-state index in [2.05, 4.69) is 30.3 Å². The maximum Gasteiger partial charge on any atom is 0.0654 e. The van der Waals surface area contributed by atoms with E-state index in [0.29, 0.717) is 6.04 Å². The number of thioether (sulfide) groups is 1. The molecule has 0 bridgehead atoms. The van der Waals surface area contributed by atoms with Crippen LogP contribution in [0.4, 0.5) is 0 Å². The first-order chi connectivity index (χ1) is 5.86. The van der Waals surface area contributed by atoms with Crippen molar-refractivity contribution in [1.82, 2.24) is 0 Å². The van der Waals surface area contributed by atoms with Crippen LogP contribution < -0.4 is 0 Å². The fourth-order valence-corrected chi connectivity index (χ4v) is 2.44. The molecule has 2 rings (SSSR count). The lowest BCUT2D eigenvalue weighted by Gasteiger charge is -2.13. The van der Waals surface area contributed by atoms with Gasteiger partial charge in [0.2, 0.25) is 0 Å². The lowest BCUT2D eigenvalue weighted by molar-refractivity contribution is 0.934. The van der Waals surface area contributed by atoms with Gasteiger partial charge in [0.25, 0.3) is 0 Å². The van der Waals surface area contributed by atoms with Gasteiger partial charge in [-0.2, -0.15) is 11.8 Å². The fourth-order valence-electron chi connectivity index (χ4n) is 1.43. The van der Waals surface area contributed by atoms with Gasteiger partial charge < -0.3 is 0 Å². The third-order valence-corrected chi connectivity index (χ3v) is 3.24. The molecule has 2 heteroatoms. The molecule has 0 radical (unpaired) electrons. The van der Waals surface area contributed by atoms with Crippen molar-refractivity contribution < 1.29 is 0 Å². The monoisotopic (exact) mass is 179 g/mol. The molecule has 0 aromatic rings. The first kappa shape index (κ1) is 8.11. The van der Waals surface area contributed by atoms with Gasteiger partial charge in [0.15, 0.2) is 0 Å². The van der Waals surface area contributed by atoms with Crippen LogP contribution in [0.5, 0.6) is 0 Å². The lowest BCUT2D eigenvalue weighted by Crippen LogP contribution is -2.02. The quantitative estimate of drug-likeness (QED) is 0.556. The molecule has 2 aliphatic heterocycles. The van der Waals surface area contributed by atoms with Gasteiger partial charge in [0, 0.05) is 12.0 Å². The van der Waals surface area contributed by atoms with Gasteiger partial charge >= 0.3 is 0 Å². The predicted octanol–water partition coefficient (Wildman–Crippen LogP) is 2.45. The van der Waals surface area contributed by atoms with Crippen molar-refractivity contribution in [3.8, 4) is 0 Å². The highest BCUT2D eigenvalue weighted by Gasteiger charge is 2.11.